The first kappa shape index (κ1) is 13.8. The van der Waals surface area contributed by atoms with Gasteiger partial charge in [0.1, 0.15) is 11.3 Å². The molecule has 19 heavy (non-hydrogen) atoms. The van der Waals surface area contributed by atoms with Crippen LogP contribution in [0.5, 0.6) is 5.75 Å². The molecule has 1 aliphatic heterocycles. The van der Waals surface area contributed by atoms with Gasteiger partial charge in [-0.2, -0.15) is 0 Å². The number of hydrogen-bond donors (Lipinski definition) is 4. The third kappa shape index (κ3) is 3.04. The third-order valence-corrected chi connectivity index (χ3v) is 3.40. The third-order valence-electron chi connectivity index (χ3n) is 3.40. The van der Waals surface area contributed by atoms with Gasteiger partial charge in [0, 0.05) is 26.2 Å². The monoisotopic (exact) mass is 266 g/mol. The first-order valence-corrected chi connectivity index (χ1v) is 6.25. The van der Waals surface area contributed by atoms with Crippen molar-refractivity contribution in [3.05, 3.63) is 29.3 Å². The Bertz CT molecular complexity index is 458. The zero-order chi connectivity index (χ0) is 13.8. The quantitative estimate of drug-likeness (QED) is 0.614. The molecule has 0 aliphatic carbocycles. The van der Waals surface area contributed by atoms with Crippen LogP contribution in [0.25, 0.3) is 0 Å². The molecule has 0 unspecified atom stereocenters. The number of piperazine rings is 1. The molecule has 0 bridgehead atoms. The summed E-state index contributed by atoms with van der Waals surface area (Å²) in [6.07, 6.45) is 0. The van der Waals surface area contributed by atoms with Gasteiger partial charge in [-0.1, -0.05) is 6.07 Å². The Balaban J connectivity index is 2.27. The van der Waals surface area contributed by atoms with Crippen molar-refractivity contribution in [1.29, 1.82) is 0 Å². The minimum Gasteiger partial charge on any atom is -0.507 e. The van der Waals surface area contributed by atoms with Crippen LogP contribution in [0.2, 0.25) is 0 Å². The second kappa shape index (κ2) is 6.01. The Morgan fingerprint density at radius 1 is 1.37 bits per heavy atom. The van der Waals surface area contributed by atoms with Crippen LogP contribution in [-0.4, -0.2) is 59.0 Å². The summed E-state index contributed by atoms with van der Waals surface area (Å²) in [4.78, 5) is 13.1. The predicted molar refractivity (Wildman–Crippen MR) is 69.3 cm³/mol. The van der Waals surface area contributed by atoms with Gasteiger partial charge < -0.3 is 20.6 Å². The molecule has 1 aromatic carbocycles. The van der Waals surface area contributed by atoms with E-state index in [1.165, 1.54) is 12.1 Å². The lowest BCUT2D eigenvalue weighted by atomic mass is 10.0. The number of aliphatic hydroxyl groups excluding tert-OH is 1. The number of aliphatic hydroxyl groups is 1. The van der Waals surface area contributed by atoms with E-state index in [0.29, 0.717) is 5.56 Å². The fourth-order valence-electron chi connectivity index (χ4n) is 2.36. The molecule has 6 nitrogen and oxygen atoms in total. The summed E-state index contributed by atoms with van der Waals surface area (Å²) in [5.74, 6) is -1.43. The minimum absolute atomic E-state index is 0.0795. The zero-order valence-corrected chi connectivity index (χ0v) is 10.5. The van der Waals surface area contributed by atoms with Gasteiger partial charge >= 0.3 is 5.97 Å². The van der Waals surface area contributed by atoms with Gasteiger partial charge in [0.25, 0.3) is 0 Å². The average Bonchev–Trinajstić information content (AvgIpc) is 2.42. The van der Waals surface area contributed by atoms with Crippen LogP contribution in [0.15, 0.2) is 18.2 Å². The normalized spacial score (nSPS) is 18.2. The van der Waals surface area contributed by atoms with Crippen LogP contribution >= 0.6 is 0 Å². The Hall–Kier alpha value is -1.63. The van der Waals surface area contributed by atoms with Crippen molar-refractivity contribution in [2.45, 2.75) is 6.04 Å². The molecule has 0 aromatic heterocycles. The van der Waals surface area contributed by atoms with E-state index in [9.17, 15) is 15.0 Å². The maximum Gasteiger partial charge on any atom is 0.339 e. The Kier molecular flexibility index (Phi) is 4.36. The number of hydrogen-bond acceptors (Lipinski definition) is 5. The Morgan fingerprint density at radius 3 is 2.63 bits per heavy atom. The highest BCUT2D eigenvalue weighted by Gasteiger charge is 2.23. The lowest BCUT2D eigenvalue weighted by Crippen LogP contribution is -2.46. The summed E-state index contributed by atoms with van der Waals surface area (Å²) >= 11 is 0. The number of carboxylic acids is 1. The molecule has 0 saturated carbocycles. The Morgan fingerprint density at radius 2 is 2.05 bits per heavy atom. The van der Waals surface area contributed by atoms with Crippen LogP contribution in [-0.2, 0) is 0 Å². The predicted octanol–water partition coefficient (Wildman–Crippen LogP) is 0.0290. The summed E-state index contributed by atoms with van der Waals surface area (Å²) < 4.78 is 0. The molecule has 0 spiro atoms. The summed E-state index contributed by atoms with van der Waals surface area (Å²) in [7, 11) is 0. The zero-order valence-electron chi connectivity index (χ0n) is 10.5. The standard InChI is InChI=1S/C13H18N2O4/c16-8-11(15-5-3-14-4-6-15)9-1-2-12(17)10(7-9)13(18)19/h1-2,7,11,14,16-17H,3-6,8H2,(H,18,19)/t11-/m0/s1. The van der Waals surface area contributed by atoms with Crippen molar-refractivity contribution < 1.29 is 20.1 Å². The van der Waals surface area contributed by atoms with Crippen LogP contribution in [0, 0.1) is 0 Å². The average molecular weight is 266 g/mol. The van der Waals surface area contributed by atoms with Gasteiger partial charge in [0.15, 0.2) is 0 Å². The van der Waals surface area contributed by atoms with Crippen LogP contribution < -0.4 is 5.32 Å². The first-order valence-electron chi connectivity index (χ1n) is 6.25. The van der Waals surface area contributed by atoms with Crippen molar-refractivity contribution in [3.8, 4) is 5.75 Å². The molecule has 1 saturated heterocycles. The highest BCUT2D eigenvalue weighted by atomic mass is 16.4. The lowest BCUT2D eigenvalue weighted by molar-refractivity contribution is 0.0692. The molecule has 2 rings (SSSR count). The van der Waals surface area contributed by atoms with Gasteiger partial charge in [-0.05, 0) is 17.7 Å². The highest BCUT2D eigenvalue weighted by Crippen LogP contribution is 2.26. The van der Waals surface area contributed by atoms with E-state index in [-0.39, 0.29) is 24.0 Å². The van der Waals surface area contributed by atoms with Gasteiger partial charge in [0.05, 0.1) is 12.6 Å². The summed E-state index contributed by atoms with van der Waals surface area (Å²) in [6.45, 7) is 3.22. The van der Waals surface area contributed by atoms with E-state index >= 15 is 0 Å². The van der Waals surface area contributed by atoms with Gasteiger partial charge in [-0.25, -0.2) is 4.79 Å². The van der Waals surface area contributed by atoms with Gasteiger partial charge in [0.2, 0.25) is 0 Å². The molecule has 1 aliphatic rings. The number of phenols is 1. The molecule has 1 atom stereocenters. The number of nitrogens with zero attached hydrogens (tertiary/aromatic N) is 1. The highest BCUT2D eigenvalue weighted by molar-refractivity contribution is 5.90. The van der Waals surface area contributed by atoms with Crippen molar-refractivity contribution in [1.82, 2.24) is 10.2 Å². The van der Waals surface area contributed by atoms with E-state index in [4.69, 9.17) is 5.11 Å². The number of aromatic hydroxyl groups is 1. The van der Waals surface area contributed by atoms with Crippen LogP contribution in [0.4, 0.5) is 0 Å². The fraction of sp³-hybridized carbons (Fsp3) is 0.462. The van der Waals surface area contributed by atoms with Crippen LogP contribution in [0.1, 0.15) is 22.0 Å². The second-order valence-electron chi connectivity index (χ2n) is 4.57. The minimum atomic E-state index is -1.17. The molecule has 6 heteroatoms. The van der Waals surface area contributed by atoms with E-state index in [2.05, 4.69) is 10.2 Å². The maximum atomic E-state index is 11.0. The maximum absolute atomic E-state index is 11.0. The van der Waals surface area contributed by atoms with E-state index in [1.54, 1.807) is 6.07 Å². The molecule has 0 radical (unpaired) electrons. The SMILES string of the molecule is O=C(O)c1cc([C@H](CO)N2CCNCC2)ccc1O. The number of carbonyl (C=O) groups is 1. The molecule has 1 heterocycles. The second-order valence-corrected chi connectivity index (χ2v) is 4.57. The van der Waals surface area contributed by atoms with Crippen molar-refractivity contribution in [3.63, 3.8) is 0 Å². The largest absolute Gasteiger partial charge is 0.507 e. The molecule has 104 valence electrons. The first-order chi connectivity index (χ1) is 9.13. The number of carboxylic acid groups (broad SMARTS) is 1. The molecule has 1 fully saturated rings. The number of aromatic carboxylic acids is 1. The molecule has 4 N–H and O–H groups in total. The smallest absolute Gasteiger partial charge is 0.339 e. The van der Waals surface area contributed by atoms with Crippen molar-refractivity contribution >= 4 is 5.97 Å². The topological polar surface area (TPSA) is 93.0 Å². The van der Waals surface area contributed by atoms with E-state index < -0.39 is 5.97 Å². The summed E-state index contributed by atoms with van der Waals surface area (Å²) in [5, 5.41) is 31.3. The number of rotatable bonds is 4. The van der Waals surface area contributed by atoms with E-state index in [0.717, 1.165) is 26.2 Å². The Labute approximate surface area is 111 Å². The molecule has 1 aromatic rings. The molecule has 0 amide bonds. The number of benzene rings is 1. The molecular formula is C13H18N2O4. The summed E-state index contributed by atoms with van der Waals surface area (Å²) in [5.41, 5.74) is 0.575. The van der Waals surface area contributed by atoms with Crippen molar-refractivity contribution in [2.24, 2.45) is 0 Å². The lowest BCUT2D eigenvalue weighted by Gasteiger charge is -2.34. The van der Waals surface area contributed by atoms with Gasteiger partial charge in [-0.3, -0.25) is 4.90 Å². The van der Waals surface area contributed by atoms with Crippen molar-refractivity contribution in [2.75, 3.05) is 32.8 Å². The fourth-order valence-corrected chi connectivity index (χ4v) is 2.36. The molecular weight excluding hydrogens is 248 g/mol. The van der Waals surface area contributed by atoms with Gasteiger partial charge in [-0.15, -0.1) is 0 Å². The van der Waals surface area contributed by atoms with E-state index in [1.807, 2.05) is 0 Å². The summed E-state index contributed by atoms with van der Waals surface area (Å²) in [6, 6.07) is 4.22. The van der Waals surface area contributed by atoms with Crippen LogP contribution in [0.3, 0.4) is 0 Å². The number of nitrogens with one attached hydrogen (secondary N) is 1.